The summed E-state index contributed by atoms with van der Waals surface area (Å²) in [5.74, 6) is 0.467. The van der Waals surface area contributed by atoms with Gasteiger partial charge in [-0.3, -0.25) is 5.43 Å². The van der Waals surface area contributed by atoms with Gasteiger partial charge in [0.1, 0.15) is 17.2 Å². The van der Waals surface area contributed by atoms with Crippen molar-refractivity contribution in [2.45, 2.75) is 18.9 Å². The standard InChI is InChI=1S/C17H19N3O5S/c1-4-24-17(21)12(2)19-20-13-5-7-14(8-6-13)25-15-9-10-16(18-11-15)26(3,22)23/h5-11,20H,4H2,1-3H3/b19-12-. The van der Waals surface area contributed by atoms with Crippen LogP contribution >= 0.6 is 0 Å². The van der Waals surface area contributed by atoms with Crippen LogP contribution in [0.2, 0.25) is 0 Å². The van der Waals surface area contributed by atoms with Crippen molar-refractivity contribution in [3.63, 3.8) is 0 Å². The summed E-state index contributed by atoms with van der Waals surface area (Å²) >= 11 is 0. The lowest BCUT2D eigenvalue weighted by Gasteiger charge is -2.07. The van der Waals surface area contributed by atoms with E-state index in [1.54, 1.807) is 38.1 Å². The summed E-state index contributed by atoms with van der Waals surface area (Å²) in [6, 6.07) is 9.74. The Morgan fingerprint density at radius 1 is 1.15 bits per heavy atom. The number of nitrogens with one attached hydrogen (secondary N) is 1. The van der Waals surface area contributed by atoms with Gasteiger partial charge in [-0.05, 0) is 50.2 Å². The van der Waals surface area contributed by atoms with E-state index < -0.39 is 15.8 Å². The molecule has 2 aromatic rings. The fourth-order valence-electron chi connectivity index (χ4n) is 1.81. The molecule has 0 atom stereocenters. The smallest absolute Gasteiger partial charge is 0.354 e. The molecule has 1 aromatic heterocycles. The number of aromatic nitrogens is 1. The van der Waals surface area contributed by atoms with Crippen molar-refractivity contribution in [2.24, 2.45) is 5.10 Å². The molecule has 0 radical (unpaired) electrons. The van der Waals surface area contributed by atoms with Crippen LogP contribution in [0.25, 0.3) is 0 Å². The Hall–Kier alpha value is -2.94. The molecule has 0 amide bonds. The number of nitrogens with zero attached hydrogens (tertiary/aromatic N) is 2. The van der Waals surface area contributed by atoms with Gasteiger partial charge in [0.05, 0.1) is 18.5 Å². The van der Waals surface area contributed by atoms with Crippen LogP contribution in [0, 0.1) is 0 Å². The molecule has 1 aromatic carbocycles. The number of ether oxygens (including phenoxy) is 2. The molecule has 9 heteroatoms. The molecule has 2 rings (SSSR count). The van der Waals surface area contributed by atoms with Crippen LogP contribution in [0.5, 0.6) is 11.5 Å². The summed E-state index contributed by atoms with van der Waals surface area (Å²) in [5.41, 5.74) is 3.62. The lowest BCUT2D eigenvalue weighted by Crippen LogP contribution is -2.15. The third-order valence-electron chi connectivity index (χ3n) is 3.10. The Labute approximate surface area is 151 Å². The van der Waals surface area contributed by atoms with Crippen molar-refractivity contribution in [1.82, 2.24) is 4.98 Å². The number of hydrazone groups is 1. The van der Waals surface area contributed by atoms with Crippen LogP contribution < -0.4 is 10.2 Å². The third-order valence-corrected chi connectivity index (χ3v) is 4.10. The third kappa shape index (κ3) is 5.55. The molecule has 26 heavy (non-hydrogen) atoms. The van der Waals surface area contributed by atoms with Gasteiger partial charge >= 0.3 is 5.97 Å². The molecule has 0 bridgehead atoms. The Kier molecular flexibility index (Phi) is 6.29. The monoisotopic (exact) mass is 377 g/mol. The molecule has 0 aliphatic carbocycles. The molecule has 138 valence electrons. The molecule has 0 spiro atoms. The Morgan fingerprint density at radius 3 is 2.35 bits per heavy atom. The zero-order chi connectivity index (χ0) is 19.2. The Bertz CT molecular complexity index is 891. The first-order valence-corrected chi connectivity index (χ1v) is 9.60. The van der Waals surface area contributed by atoms with Gasteiger partial charge in [-0.1, -0.05) is 0 Å². The average molecular weight is 377 g/mol. The van der Waals surface area contributed by atoms with E-state index in [2.05, 4.69) is 15.5 Å². The molecule has 0 fully saturated rings. The maximum Gasteiger partial charge on any atom is 0.354 e. The summed E-state index contributed by atoms with van der Waals surface area (Å²) in [4.78, 5) is 15.3. The molecular weight excluding hydrogens is 358 g/mol. The number of esters is 1. The van der Waals surface area contributed by atoms with Crippen molar-refractivity contribution < 1.29 is 22.7 Å². The molecular formula is C17H19N3O5S. The molecule has 8 nitrogen and oxygen atoms in total. The number of sulfone groups is 1. The highest BCUT2D eigenvalue weighted by atomic mass is 32.2. The van der Waals surface area contributed by atoms with Gasteiger partial charge in [-0.25, -0.2) is 18.2 Å². The van der Waals surface area contributed by atoms with Crippen LogP contribution in [0.4, 0.5) is 5.69 Å². The molecule has 1 heterocycles. The van der Waals surface area contributed by atoms with Crippen molar-refractivity contribution in [3.05, 3.63) is 42.6 Å². The minimum atomic E-state index is -3.34. The summed E-state index contributed by atoms with van der Waals surface area (Å²) in [7, 11) is -3.34. The van der Waals surface area contributed by atoms with Crippen LogP contribution in [0.1, 0.15) is 13.8 Å². The Balaban J connectivity index is 1.99. The minimum Gasteiger partial charge on any atom is -0.461 e. The second-order valence-electron chi connectivity index (χ2n) is 5.26. The first-order valence-electron chi connectivity index (χ1n) is 7.71. The van der Waals surface area contributed by atoms with Crippen molar-refractivity contribution in [2.75, 3.05) is 18.3 Å². The maximum atomic E-state index is 11.5. The number of rotatable bonds is 7. The van der Waals surface area contributed by atoms with Crippen molar-refractivity contribution in [1.29, 1.82) is 0 Å². The fraction of sp³-hybridized carbons (Fsp3) is 0.235. The molecule has 1 N–H and O–H groups in total. The fourth-order valence-corrected chi connectivity index (χ4v) is 2.37. The van der Waals surface area contributed by atoms with Gasteiger partial charge in [0, 0.05) is 6.26 Å². The van der Waals surface area contributed by atoms with E-state index in [0.29, 0.717) is 17.2 Å². The lowest BCUT2D eigenvalue weighted by atomic mass is 10.3. The van der Waals surface area contributed by atoms with Crippen LogP contribution in [-0.4, -0.2) is 37.9 Å². The SMILES string of the molecule is CCOC(=O)/C(C)=N\Nc1ccc(Oc2ccc(S(C)(=O)=O)nc2)cc1. The average Bonchev–Trinajstić information content (AvgIpc) is 2.61. The number of pyridine rings is 1. The van der Waals surface area contributed by atoms with Crippen molar-refractivity contribution >= 4 is 27.2 Å². The van der Waals surface area contributed by atoms with Gasteiger partial charge in [-0.15, -0.1) is 0 Å². The number of carbonyl (C=O) groups is 1. The van der Waals surface area contributed by atoms with Crippen molar-refractivity contribution in [3.8, 4) is 11.5 Å². The molecule has 0 saturated carbocycles. The van der Waals surface area contributed by atoms with E-state index >= 15 is 0 Å². The predicted molar refractivity (Wildman–Crippen MR) is 97.2 cm³/mol. The summed E-state index contributed by atoms with van der Waals surface area (Å²) in [6.45, 7) is 3.56. The normalized spacial score (nSPS) is 11.7. The topological polar surface area (TPSA) is 107 Å². The summed E-state index contributed by atoms with van der Waals surface area (Å²) < 4.78 is 33.2. The van der Waals surface area contributed by atoms with Crippen LogP contribution in [0.3, 0.4) is 0 Å². The Morgan fingerprint density at radius 2 is 1.81 bits per heavy atom. The maximum absolute atomic E-state index is 11.5. The first kappa shape index (κ1) is 19.4. The second-order valence-corrected chi connectivity index (χ2v) is 7.22. The minimum absolute atomic E-state index is 0.0146. The zero-order valence-electron chi connectivity index (χ0n) is 14.6. The highest BCUT2D eigenvalue weighted by Gasteiger charge is 2.09. The van der Waals surface area contributed by atoms with E-state index in [9.17, 15) is 13.2 Å². The molecule has 0 saturated heterocycles. The van der Waals surface area contributed by atoms with Gasteiger partial charge in [0.2, 0.25) is 0 Å². The highest BCUT2D eigenvalue weighted by molar-refractivity contribution is 7.90. The molecule has 0 aliphatic rings. The lowest BCUT2D eigenvalue weighted by molar-refractivity contribution is -0.135. The zero-order valence-corrected chi connectivity index (χ0v) is 15.4. The predicted octanol–water partition coefficient (Wildman–Crippen LogP) is 2.63. The quantitative estimate of drug-likeness (QED) is 0.449. The highest BCUT2D eigenvalue weighted by Crippen LogP contribution is 2.23. The van der Waals surface area contributed by atoms with Gasteiger partial charge in [0.25, 0.3) is 0 Å². The van der Waals surface area contributed by atoms with E-state index in [1.807, 2.05) is 0 Å². The van der Waals surface area contributed by atoms with Gasteiger partial charge in [-0.2, -0.15) is 5.10 Å². The van der Waals surface area contributed by atoms with Crippen LogP contribution in [0.15, 0.2) is 52.7 Å². The number of hydrogen-bond acceptors (Lipinski definition) is 8. The first-order chi connectivity index (χ1) is 12.3. The van der Waals surface area contributed by atoms with Crippen LogP contribution in [-0.2, 0) is 19.4 Å². The van der Waals surface area contributed by atoms with Gasteiger partial charge in [0.15, 0.2) is 14.9 Å². The number of carbonyl (C=O) groups excluding carboxylic acids is 1. The van der Waals surface area contributed by atoms with E-state index in [4.69, 9.17) is 9.47 Å². The van der Waals surface area contributed by atoms with Gasteiger partial charge < -0.3 is 9.47 Å². The second kappa shape index (κ2) is 8.43. The number of benzene rings is 1. The summed E-state index contributed by atoms with van der Waals surface area (Å²) in [5, 5.41) is 3.93. The largest absolute Gasteiger partial charge is 0.461 e. The molecule has 0 unspecified atom stereocenters. The number of hydrogen-bond donors (Lipinski definition) is 1. The van der Waals surface area contributed by atoms with E-state index in [0.717, 1.165) is 6.26 Å². The number of anilines is 1. The molecule has 0 aliphatic heterocycles. The summed E-state index contributed by atoms with van der Waals surface area (Å²) in [6.07, 6.45) is 2.43. The van der Waals surface area contributed by atoms with E-state index in [-0.39, 0.29) is 17.3 Å². The van der Waals surface area contributed by atoms with E-state index in [1.165, 1.54) is 18.3 Å².